The molecular formula is C23H24Cl2N4O2. The predicted molar refractivity (Wildman–Crippen MR) is 121 cm³/mol. The fraction of sp³-hybridized carbons (Fsp3) is 0.348. The maximum absolute atomic E-state index is 13.0. The van der Waals surface area contributed by atoms with Crippen LogP contribution in [-0.2, 0) is 17.9 Å². The Bertz CT molecular complexity index is 1040. The Morgan fingerprint density at radius 1 is 1.19 bits per heavy atom. The third kappa shape index (κ3) is 5.64. The molecule has 6 nitrogen and oxygen atoms in total. The fourth-order valence-electron chi connectivity index (χ4n) is 3.91. The molecule has 2 aromatic carbocycles. The average Bonchev–Trinajstić information content (AvgIpc) is 3.23. The Morgan fingerprint density at radius 2 is 2.00 bits per heavy atom. The van der Waals surface area contributed by atoms with Gasteiger partial charge in [0, 0.05) is 35.7 Å². The quantitative estimate of drug-likeness (QED) is 0.524. The van der Waals surface area contributed by atoms with E-state index in [0.717, 1.165) is 30.5 Å². The number of nitrogens with zero attached hydrogens (tertiary/aromatic N) is 4. The van der Waals surface area contributed by atoms with Gasteiger partial charge in [-0.1, -0.05) is 52.6 Å². The summed E-state index contributed by atoms with van der Waals surface area (Å²) >= 11 is 12.0. The molecule has 2 heterocycles. The lowest BCUT2D eigenvalue weighted by Crippen LogP contribution is -2.43. The van der Waals surface area contributed by atoms with Crippen LogP contribution in [0.2, 0.25) is 10.0 Å². The molecule has 0 N–H and O–H groups in total. The van der Waals surface area contributed by atoms with E-state index in [9.17, 15) is 4.79 Å². The van der Waals surface area contributed by atoms with Crippen LogP contribution < -0.4 is 0 Å². The van der Waals surface area contributed by atoms with Crippen LogP contribution in [0.4, 0.5) is 0 Å². The van der Waals surface area contributed by atoms with Gasteiger partial charge in [-0.05, 0) is 49.2 Å². The molecule has 1 aromatic heterocycles. The molecule has 1 amide bonds. The van der Waals surface area contributed by atoms with Crippen LogP contribution in [-0.4, -0.2) is 46.0 Å². The van der Waals surface area contributed by atoms with E-state index in [4.69, 9.17) is 27.7 Å². The number of likely N-dealkylation sites (tertiary alicyclic amines) is 1. The number of amides is 1. The van der Waals surface area contributed by atoms with Crippen LogP contribution in [0.1, 0.15) is 24.3 Å². The number of carbonyl (C=O) groups is 1. The van der Waals surface area contributed by atoms with E-state index in [0.29, 0.717) is 41.4 Å². The first-order valence-corrected chi connectivity index (χ1v) is 11.0. The zero-order valence-corrected chi connectivity index (χ0v) is 18.8. The number of aromatic nitrogens is 2. The van der Waals surface area contributed by atoms with Gasteiger partial charge in [0.25, 0.3) is 0 Å². The first-order valence-electron chi connectivity index (χ1n) is 10.3. The molecule has 1 aliphatic rings. The summed E-state index contributed by atoms with van der Waals surface area (Å²) in [5.74, 6) is 1.17. The largest absolute Gasteiger partial charge is 0.341 e. The van der Waals surface area contributed by atoms with Gasteiger partial charge in [0.15, 0.2) is 0 Å². The van der Waals surface area contributed by atoms with E-state index in [1.165, 1.54) is 0 Å². The van der Waals surface area contributed by atoms with Gasteiger partial charge in [-0.2, -0.15) is 4.98 Å². The van der Waals surface area contributed by atoms with Crippen molar-refractivity contribution in [3.63, 3.8) is 0 Å². The standard InChI is InChI=1S/C23H24Cl2N4O2/c1-28(13-16-7-9-19(24)10-8-16)23(30)18-5-3-11-29(14-18)15-21-26-22(27-31-21)17-4-2-6-20(25)12-17/h2,4,6-10,12,18H,3,5,11,13-15H2,1H3. The second-order valence-corrected chi connectivity index (χ2v) is 8.79. The van der Waals surface area contributed by atoms with Crippen molar-refractivity contribution in [2.75, 3.05) is 20.1 Å². The molecule has 1 fully saturated rings. The molecule has 1 aliphatic heterocycles. The Kier molecular flexibility index (Phi) is 6.90. The molecule has 1 unspecified atom stereocenters. The minimum atomic E-state index is -0.0404. The fourth-order valence-corrected chi connectivity index (χ4v) is 4.23. The highest BCUT2D eigenvalue weighted by Crippen LogP contribution is 2.23. The van der Waals surface area contributed by atoms with Gasteiger partial charge in [-0.25, -0.2) is 0 Å². The summed E-state index contributed by atoms with van der Waals surface area (Å²) in [5, 5.41) is 5.40. The van der Waals surface area contributed by atoms with E-state index >= 15 is 0 Å². The van der Waals surface area contributed by atoms with Crippen LogP contribution in [0.5, 0.6) is 0 Å². The monoisotopic (exact) mass is 458 g/mol. The van der Waals surface area contributed by atoms with Crippen molar-refractivity contribution in [1.29, 1.82) is 0 Å². The zero-order chi connectivity index (χ0) is 21.8. The topological polar surface area (TPSA) is 62.5 Å². The van der Waals surface area contributed by atoms with Gasteiger partial charge in [-0.15, -0.1) is 0 Å². The van der Waals surface area contributed by atoms with Gasteiger partial charge < -0.3 is 9.42 Å². The van der Waals surface area contributed by atoms with E-state index in [1.54, 1.807) is 11.0 Å². The summed E-state index contributed by atoms with van der Waals surface area (Å²) in [6.07, 6.45) is 1.85. The van der Waals surface area contributed by atoms with Gasteiger partial charge in [0.05, 0.1) is 12.5 Å². The molecule has 0 saturated carbocycles. The highest BCUT2D eigenvalue weighted by Gasteiger charge is 2.29. The van der Waals surface area contributed by atoms with Crippen molar-refractivity contribution in [3.8, 4) is 11.4 Å². The number of carbonyl (C=O) groups excluding carboxylic acids is 1. The Morgan fingerprint density at radius 3 is 2.77 bits per heavy atom. The van der Waals surface area contributed by atoms with Crippen molar-refractivity contribution in [2.24, 2.45) is 5.92 Å². The van der Waals surface area contributed by atoms with Crippen LogP contribution in [0.25, 0.3) is 11.4 Å². The van der Waals surface area contributed by atoms with Crippen molar-refractivity contribution >= 4 is 29.1 Å². The third-order valence-electron chi connectivity index (χ3n) is 5.47. The summed E-state index contributed by atoms with van der Waals surface area (Å²) in [5.41, 5.74) is 1.88. The molecule has 8 heteroatoms. The van der Waals surface area contributed by atoms with Crippen LogP contribution in [0.15, 0.2) is 53.1 Å². The van der Waals surface area contributed by atoms with E-state index in [-0.39, 0.29) is 11.8 Å². The smallest absolute Gasteiger partial charge is 0.241 e. The molecular weight excluding hydrogens is 435 g/mol. The van der Waals surface area contributed by atoms with Gasteiger partial charge in [-0.3, -0.25) is 9.69 Å². The molecule has 1 atom stereocenters. The molecule has 0 radical (unpaired) electrons. The Balaban J connectivity index is 1.35. The maximum Gasteiger partial charge on any atom is 0.241 e. The van der Waals surface area contributed by atoms with Crippen molar-refractivity contribution in [1.82, 2.24) is 19.9 Å². The molecule has 162 valence electrons. The second kappa shape index (κ2) is 9.81. The maximum atomic E-state index is 13.0. The first-order chi connectivity index (χ1) is 15.0. The van der Waals surface area contributed by atoms with Crippen LogP contribution in [0.3, 0.4) is 0 Å². The summed E-state index contributed by atoms with van der Waals surface area (Å²) in [6.45, 7) is 2.68. The summed E-state index contributed by atoms with van der Waals surface area (Å²) in [7, 11) is 1.85. The lowest BCUT2D eigenvalue weighted by molar-refractivity contribution is -0.136. The summed E-state index contributed by atoms with van der Waals surface area (Å²) in [6, 6.07) is 15.0. The van der Waals surface area contributed by atoms with Crippen molar-refractivity contribution in [2.45, 2.75) is 25.9 Å². The van der Waals surface area contributed by atoms with Crippen LogP contribution in [0, 0.1) is 5.92 Å². The Labute approximate surface area is 191 Å². The zero-order valence-electron chi connectivity index (χ0n) is 17.3. The highest BCUT2D eigenvalue weighted by atomic mass is 35.5. The minimum Gasteiger partial charge on any atom is -0.341 e. The van der Waals surface area contributed by atoms with Crippen molar-refractivity contribution in [3.05, 3.63) is 70.0 Å². The minimum absolute atomic E-state index is 0.0404. The lowest BCUT2D eigenvalue weighted by Gasteiger charge is -2.33. The predicted octanol–water partition coefficient (Wildman–Crippen LogP) is 4.91. The van der Waals surface area contributed by atoms with E-state index in [2.05, 4.69) is 15.0 Å². The molecule has 3 aromatic rings. The molecule has 4 rings (SSSR count). The Hall–Kier alpha value is -2.41. The van der Waals surface area contributed by atoms with Gasteiger partial charge >= 0.3 is 0 Å². The second-order valence-electron chi connectivity index (χ2n) is 7.92. The average molecular weight is 459 g/mol. The summed E-state index contributed by atoms with van der Waals surface area (Å²) < 4.78 is 5.44. The number of halogens is 2. The SMILES string of the molecule is CN(Cc1ccc(Cl)cc1)C(=O)C1CCCN(Cc2nc(-c3cccc(Cl)c3)no2)C1. The lowest BCUT2D eigenvalue weighted by atomic mass is 9.96. The molecule has 1 saturated heterocycles. The third-order valence-corrected chi connectivity index (χ3v) is 5.96. The molecule has 31 heavy (non-hydrogen) atoms. The number of hydrogen-bond acceptors (Lipinski definition) is 5. The van der Waals surface area contributed by atoms with Gasteiger partial charge in [0.2, 0.25) is 17.6 Å². The number of benzene rings is 2. The number of hydrogen-bond donors (Lipinski definition) is 0. The van der Waals surface area contributed by atoms with E-state index in [1.807, 2.05) is 49.5 Å². The normalized spacial score (nSPS) is 16.9. The van der Waals surface area contributed by atoms with Crippen molar-refractivity contribution < 1.29 is 9.32 Å². The number of piperidine rings is 1. The molecule has 0 spiro atoms. The van der Waals surface area contributed by atoms with Crippen LogP contribution >= 0.6 is 23.2 Å². The summed E-state index contributed by atoms with van der Waals surface area (Å²) in [4.78, 5) is 21.5. The number of rotatable bonds is 6. The van der Waals surface area contributed by atoms with E-state index < -0.39 is 0 Å². The first kappa shape index (κ1) is 21.8. The molecule has 0 bridgehead atoms. The highest BCUT2D eigenvalue weighted by molar-refractivity contribution is 6.31. The van der Waals surface area contributed by atoms with Gasteiger partial charge in [0.1, 0.15) is 0 Å². The molecule has 0 aliphatic carbocycles.